The van der Waals surface area contributed by atoms with Gasteiger partial charge in [-0.15, -0.1) is 0 Å². The summed E-state index contributed by atoms with van der Waals surface area (Å²) in [6, 6.07) is 9.28. The van der Waals surface area contributed by atoms with Crippen LogP contribution < -0.4 is 0 Å². The Morgan fingerprint density at radius 2 is 1.87 bits per heavy atom. The van der Waals surface area contributed by atoms with Crippen molar-refractivity contribution >= 4 is 5.97 Å². The van der Waals surface area contributed by atoms with Crippen molar-refractivity contribution in [1.82, 2.24) is 9.78 Å². The standard InChI is InChI=1S/C15H9F3N2O3/c16-15(17,18)13-8-11(12-2-1-7-23-12)20(19-13)10-5-3-9(4-6-10)14(21)22/h1-8H,(H,21,22). The lowest BCUT2D eigenvalue weighted by Crippen LogP contribution is -2.07. The highest BCUT2D eigenvalue weighted by Crippen LogP contribution is 2.33. The minimum atomic E-state index is -4.60. The number of alkyl halides is 3. The zero-order chi connectivity index (χ0) is 16.6. The van der Waals surface area contributed by atoms with Crippen molar-refractivity contribution in [2.45, 2.75) is 6.18 Å². The summed E-state index contributed by atoms with van der Waals surface area (Å²) in [6.07, 6.45) is -3.26. The van der Waals surface area contributed by atoms with E-state index in [1.54, 1.807) is 6.07 Å². The summed E-state index contributed by atoms with van der Waals surface area (Å²) in [5, 5.41) is 12.4. The van der Waals surface area contributed by atoms with Gasteiger partial charge in [0, 0.05) is 6.07 Å². The molecule has 0 aliphatic heterocycles. The third kappa shape index (κ3) is 2.83. The first-order valence-electron chi connectivity index (χ1n) is 6.41. The van der Waals surface area contributed by atoms with E-state index in [0.717, 1.165) is 10.7 Å². The molecule has 0 aliphatic carbocycles. The molecule has 2 heterocycles. The second-order valence-corrected chi connectivity index (χ2v) is 4.65. The van der Waals surface area contributed by atoms with Crippen LogP contribution in [0.15, 0.2) is 53.1 Å². The average Bonchev–Trinajstić information content (AvgIpc) is 3.15. The summed E-state index contributed by atoms with van der Waals surface area (Å²) >= 11 is 0. The maximum Gasteiger partial charge on any atom is 0.435 e. The van der Waals surface area contributed by atoms with Crippen LogP contribution >= 0.6 is 0 Å². The lowest BCUT2D eigenvalue weighted by Gasteiger charge is -2.06. The smallest absolute Gasteiger partial charge is 0.435 e. The van der Waals surface area contributed by atoms with Crippen LogP contribution in [0.3, 0.4) is 0 Å². The molecule has 3 rings (SSSR count). The molecule has 0 radical (unpaired) electrons. The number of hydrogen-bond acceptors (Lipinski definition) is 3. The van der Waals surface area contributed by atoms with Crippen LogP contribution in [0.5, 0.6) is 0 Å². The molecule has 0 bridgehead atoms. The number of carboxylic acids is 1. The quantitative estimate of drug-likeness (QED) is 0.795. The molecule has 0 saturated carbocycles. The van der Waals surface area contributed by atoms with Gasteiger partial charge in [0.1, 0.15) is 5.69 Å². The highest BCUT2D eigenvalue weighted by molar-refractivity contribution is 5.87. The van der Waals surface area contributed by atoms with Gasteiger partial charge >= 0.3 is 12.1 Å². The Balaban J connectivity index is 2.13. The first-order valence-corrected chi connectivity index (χ1v) is 6.41. The molecule has 0 atom stereocenters. The molecule has 2 aromatic heterocycles. The van der Waals surface area contributed by atoms with Gasteiger partial charge in [-0.25, -0.2) is 9.48 Å². The Bertz CT molecular complexity index is 834. The molecule has 1 aromatic carbocycles. The summed E-state index contributed by atoms with van der Waals surface area (Å²) in [7, 11) is 0. The SMILES string of the molecule is O=C(O)c1ccc(-n2nc(C(F)(F)F)cc2-c2ccco2)cc1. The van der Waals surface area contributed by atoms with Gasteiger partial charge in [-0.05, 0) is 36.4 Å². The number of hydrogen-bond donors (Lipinski definition) is 1. The Morgan fingerprint density at radius 3 is 2.39 bits per heavy atom. The highest BCUT2D eigenvalue weighted by Gasteiger charge is 2.35. The molecule has 118 valence electrons. The third-order valence-corrected chi connectivity index (χ3v) is 3.13. The Labute approximate surface area is 127 Å². The normalized spacial score (nSPS) is 11.6. The molecule has 8 heteroatoms. The van der Waals surface area contributed by atoms with E-state index in [2.05, 4.69) is 5.10 Å². The maximum atomic E-state index is 12.9. The number of aromatic carboxylic acids is 1. The van der Waals surface area contributed by atoms with Crippen molar-refractivity contribution in [3.8, 4) is 17.1 Å². The fraction of sp³-hybridized carbons (Fsp3) is 0.0667. The van der Waals surface area contributed by atoms with Gasteiger partial charge in [0.15, 0.2) is 11.5 Å². The van der Waals surface area contributed by atoms with Crippen LogP contribution in [0.2, 0.25) is 0 Å². The Hall–Kier alpha value is -3.03. The van der Waals surface area contributed by atoms with Gasteiger partial charge in [0.25, 0.3) is 0 Å². The molecular formula is C15H9F3N2O3. The molecule has 0 amide bonds. The van der Waals surface area contributed by atoms with E-state index in [9.17, 15) is 18.0 Å². The Morgan fingerprint density at radius 1 is 1.17 bits per heavy atom. The van der Waals surface area contributed by atoms with E-state index in [-0.39, 0.29) is 22.7 Å². The van der Waals surface area contributed by atoms with Crippen LogP contribution in [0, 0.1) is 0 Å². The highest BCUT2D eigenvalue weighted by atomic mass is 19.4. The summed E-state index contributed by atoms with van der Waals surface area (Å²) in [4.78, 5) is 10.9. The summed E-state index contributed by atoms with van der Waals surface area (Å²) < 4.78 is 45.0. The largest absolute Gasteiger partial charge is 0.478 e. The van der Waals surface area contributed by atoms with E-state index in [1.165, 1.54) is 36.6 Å². The zero-order valence-corrected chi connectivity index (χ0v) is 11.4. The second-order valence-electron chi connectivity index (χ2n) is 4.65. The first-order chi connectivity index (χ1) is 10.9. The zero-order valence-electron chi connectivity index (χ0n) is 11.4. The van der Waals surface area contributed by atoms with E-state index < -0.39 is 17.8 Å². The fourth-order valence-electron chi connectivity index (χ4n) is 2.06. The molecule has 3 aromatic rings. The molecule has 0 unspecified atom stereocenters. The van der Waals surface area contributed by atoms with Crippen molar-refractivity contribution in [2.24, 2.45) is 0 Å². The number of nitrogens with zero attached hydrogens (tertiary/aromatic N) is 2. The van der Waals surface area contributed by atoms with Gasteiger partial charge in [0.2, 0.25) is 0 Å². The van der Waals surface area contributed by atoms with Crippen LogP contribution in [0.1, 0.15) is 16.1 Å². The minimum Gasteiger partial charge on any atom is -0.478 e. The summed E-state index contributed by atoms with van der Waals surface area (Å²) in [5.41, 5.74) is -0.634. The number of furan rings is 1. The third-order valence-electron chi connectivity index (χ3n) is 3.13. The van der Waals surface area contributed by atoms with Crippen molar-refractivity contribution in [2.75, 3.05) is 0 Å². The number of halogens is 3. The van der Waals surface area contributed by atoms with Crippen LogP contribution in [-0.2, 0) is 6.18 Å². The Kier molecular flexibility index (Phi) is 3.44. The number of rotatable bonds is 3. The van der Waals surface area contributed by atoms with Crippen LogP contribution in [0.25, 0.3) is 17.1 Å². The molecule has 5 nitrogen and oxygen atoms in total. The van der Waals surface area contributed by atoms with Gasteiger partial charge in [-0.3, -0.25) is 0 Å². The van der Waals surface area contributed by atoms with Crippen LogP contribution in [-0.4, -0.2) is 20.9 Å². The number of aromatic nitrogens is 2. The van der Waals surface area contributed by atoms with Crippen molar-refractivity contribution in [3.63, 3.8) is 0 Å². The number of benzene rings is 1. The van der Waals surface area contributed by atoms with Gasteiger partial charge < -0.3 is 9.52 Å². The second kappa shape index (κ2) is 5.31. The molecule has 0 aliphatic rings. The van der Waals surface area contributed by atoms with Gasteiger partial charge in [0.05, 0.1) is 17.5 Å². The maximum absolute atomic E-state index is 12.9. The van der Waals surface area contributed by atoms with Crippen molar-refractivity contribution in [3.05, 3.63) is 60.0 Å². The molecule has 0 saturated heterocycles. The first kappa shape index (κ1) is 14.9. The summed E-state index contributed by atoms with van der Waals surface area (Å²) in [6.45, 7) is 0. The molecular weight excluding hydrogens is 313 g/mol. The number of carboxylic acid groups (broad SMARTS) is 1. The predicted molar refractivity (Wildman–Crippen MR) is 73.2 cm³/mol. The minimum absolute atomic E-state index is 0.0245. The van der Waals surface area contributed by atoms with E-state index >= 15 is 0 Å². The monoisotopic (exact) mass is 322 g/mol. The molecule has 0 spiro atoms. The molecule has 0 fully saturated rings. The molecule has 1 N–H and O–H groups in total. The van der Waals surface area contributed by atoms with Gasteiger partial charge in [-0.2, -0.15) is 18.3 Å². The van der Waals surface area contributed by atoms with E-state index in [4.69, 9.17) is 9.52 Å². The fourth-order valence-corrected chi connectivity index (χ4v) is 2.06. The van der Waals surface area contributed by atoms with Crippen molar-refractivity contribution < 1.29 is 27.5 Å². The van der Waals surface area contributed by atoms with Crippen molar-refractivity contribution in [1.29, 1.82) is 0 Å². The average molecular weight is 322 g/mol. The van der Waals surface area contributed by atoms with Gasteiger partial charge in [-0.1, -0.05) is 0 Å². The van der Waals surface area contributed by atoms with E-state index in [0.29, 0.717) is 0 Å². The topological polar surface area (TPSA) is 68.3 Å². The molecule has 23 heavy (non-hydrogen) atoms. The van der Waals surface area contributed by atoms with Crippen LogP contribution in [0.4, 0.5) is 13.2 Å². The summed E-state index contributed by atoms with van der Waals surface area (Å²) in [5.74, 6) is -0.908. The number of carbonyl (C=O) groups is 1. The van der Waals surface area contributed by atoms with E-state index in [1.807, 2.05) is 0 Å². The predicted octanol–water partition coefficient (Wildman–Crippen LogP) is 3.85. The lowest BCUT2D eigenvalue weighted by molar-refractivity contribution is -0.141. The lowest BCUT2D eigenvalue weighted by atomic mass is 10.2.